The number of hydrogen-bond donors (Lipinski definition) is 1. The normalized spacial score (nSPS) is 18.2. The number of carbonyl (C=O) groups is 1. The Bertz CT molecular complexity index is 1210. The zero-order valence-corrected chi connectivity index (χ0v) is 21.7. The standard InChI is InChI=1S/C25H25F3IN5O/c1-15(2)21-30-12-17(13-31-21)23(35)33-20-18(16-7-5-4-6-8-16)11-19(25(26,27)28)32-22(20)34-10-9-24(3,29)14-34/h4-8,11-13,15H,9-10,14H2,1-3H3,(H,33,35). The Hall–Kier alpha value is -2.76. The van der Waals surface area contributed by atoms with Crippen LogP contribution in [-0.4, -0.2) is 37.4 Å². The van der Waals surface area contributed by atoms with E-state index in [-0.39, 0.29) is 32.0 Å². The lowest BCUT2D eigenvalue weighted by atomic mass is 10.0. The molecule has 0 aliphatic carbocycles. The Kier molecular flexibility index (Phi) is 7.03. The van der Waals surface area contributed by atoms with E-state index in [1.165, 1.54) is 12.4 Å². The third-order valence-electron chi connectivity index (χ3n) is 5.79. The lowest BCUT2D eigenvalue weighted by Crippen LogP contribution is -2.28. The van der Waals surface area contributed by atoms with Gasteiger partial charge in [-0.05, 0) is 25.0 Å². The van der Waals surface area contributed by atoms with Crippen LogP contribution in [0.1, 0.15) is 55.0 Å². The van der Waals surface area contributed by atoms with E-state index in [2.05, 4.69) is 42.9 Å². The Morgan fingerprint density at radius 2 is 1.83 bits per heavy atom. The lowest BCUT2D eigenvalue weighted by molar-refractivity contribution is -0.141. The van der Waals surface area contributed by atoms with E-state index in [1.54, 1.807) is 30.3 Å². The van der Waals surface area contributed by atoms with E-state index < -0.39 is 17.8 Å². The molecule has 1 N–H and O–H groups in total. The number of benzene rings is 1. The second-order valence-electron chi connectivity index (χ2n) is 9.14. The minimum atomic E-state index is -4.64. The number of aromatic nitrogens is 3. The first-order valence-corrected chi connectivity index (χ1v) is 12.3. The zero-order valence-electron chi connectivity index (χ0n) is 19.5. The quantitative estimate of drug-likeness (QED) is 0.276. The molecule has 35 heavy (non-hydrogen) atoms. The van der Waals surface area contributed by atoms with Crippen molar-refractivity contribution in [3.8, 4) is 11.1 Å². The highest BCUT2D eigenvalue weighted by Crippen LogP contribution is 2.43. The van der Waals surface area contributed by atoms with Gasteiger partial charge in [-0.2, -0.15) is 13.2 Å². The predicted molar refractivity (Wildman–Crippen MR) is 138 cm³/mol. The van der Waals surface area contributed by atoms with Crippen LogP contribution in [0.3, 0.4) is 0 Å². The van der Waals surface area contributed by atoms with Crippen LogP contribution in [0, 0.1) is 0 Å². The molecule has 0 radical (unpaired) electrons. The van der Waals surface area contributed by atoms with Crippen molar-refractivity contribution in [3.63, 3.8) is 0 Å². The van der Waals surface area contributed by atoms with Gasteiger partial charge in [-0.3, -0.25) is 4.79 Å². The molecule has 4 rings (SSSR count). The topological polar surface area (TPSA) is 71.0 Å². The van der Waals surface area contributed by atoms with Gasteiger partial charge in [0.1, 0.15) is 11.5 Å². The summed E-state index contributed by atoms with van der Waals surface area (Å²) in [4.78, 5) is 27.5. The summed E-state index contributed by atoms with van der Waals surface area (Å²) in [6, 6.07) is 9.68. The van der Waals surface area contributed by atoms with Crippen LogP contribution >= 0.6 is 22.6 Å². The van der Waals surface area contributed by atoms with Crippen molar-refractivity contribution in [3.05, 3.63) is 65.9 Å². The first-order chi connectivity index (χ1) is 16.4. The molecule has 6 nitrogen and oxygen atoms in total. The van der Waals surface area contributed by atoms with Crippen LogP contribution in [0.2, 0.25) is 0 Å². The average Bonchev–Trinajstić information content (AvgIpc) is 3.18. The molecule has 1 amide bonds. The highest BCUT2D eigenvalue weighted by atomic mass is 127. The van der Waals surface area contributed by atoms with Crippen LogP contribution in [-0.2, 0) is 6.18 Å². The highest BCUT2D eigenvalue weighted by Gasteiger charge is 2.38. The summed E-state index contributed by atoms with van der Waals surface area (Å²) in [6.45, 7) is 6.96. The smallest absolute Gasteiger partial charge is 0.353 e. The Morgan fingerprint density at radius 1 is 1.17 bits per heavy atom. The number of amides is 1. The molecule has 184 valence electrons. The van der Waals surface area contributed by atoms with Crippen LogP contribution in [0.15, 0.2) is 48.8 Å². The zero-order chi connectivity index (χ0) is 25.4. The van der Waals surface area contributed by atoms with Gasteiger partial charge in [-0.15, -0.1) is 0 Å². The van der Waals surface area contributed by atoms with Gasteiger partial charge in [-0.1, -0.05) is 66.8 Å². The van der Waals surface area contributed by atoms with E-state index in [0.29, 0.717) is 24.5 Å². The SMILES string of the molecule is CC(C)c1ncc(C(=O)Nc2c(-c3ccccc3)cc(C(F)(F)F)nc2N2CCC(C)(I)C2)cn1. The number of nitrogens with one attached hydrogen (secondary N) is 1. The maximum atomic E-state index is 13.9. The average molecular weight is 595 g/mol. The summed E-state index contributed by atoms with van der Waals surface area (Å²) in [5, 5.41) is 2.83. The molecule has 0 saturated carbocycles. The summed E-state index contributed by atoms with van der Waals surface area (Å²) in [6.07, 6.45) is -1.01. The van der Waals surface area contributed by atoms with Gasteiger partial charge < -0.3 is 10.2 Å². The van der Waals surface area contributed by atoms with Gasteiger partial charge in [0.2, 0.25) is 0 Å². The molecule has 1 saturated heterocycles. The van der Waals surface area contributed by atoms with Crippen LogP contribution < -0.4 is 10.2 Å². The Labute approximate surface area is 215 Å². The second-order valence-corrected chi connectivity index (χ2v) is 11.7. The van der Waals surface area contributed by atoms with Crippen molar-refractivity contribution in [2.45, 2.75) is 42.7 Å². The largest absolute Gasteiger partial charge is 0.433 e. The Balaban J connectivity index is 1.85. The van der Waals surface area contributed by atoms with Crippen LogP contribution in [0.4, 0.5) is 24.7 Å². The summed E-state index contributed by atoms with van der Waals surface area (Å²) in [5.41, 5.74) is 0.226. The molecule has 1 aliphatic heterocycles. The first-order valence-electron chi connectivity index (χ1n) is 11.2. The van der Waals surface area contributed by atoms with Crippen molar-refractivity contribution in [1.82, 2.24) is 15.0 Å². The number of halogens is 4. The molecule has 0 bridgehead atoms. The molecule has 1 unspecified atom stereocenters. The fourth-order valence-electron chi connectivity index (χ4n) is 3.92. The van der Waals surface area contributed by atoms with Crippen LogP contribution in [0.25, 0.3) is 11.1 Å². The lowest BCUT2D eigenvalue weighted by Gasteiger charge is -2.25. The van der Waals surface area contributed by atoms with Crippen molar-refractivity contribution in [2.24, 2.45) is 0 Å². The van der Waals surface area contributed by atoms with E-state index in [9.17, 15) is 18.0 Å². The van der Waals surface area contributed by atoms with E-state index >= 15 is 0 Å². The number of pyridine rings is 1. The second kappa shape index (κ2) is 9.71. The van der Waals surface area contributed by atoms with Gasteiger partial charge in [0, 0.05) is 40.4 Å². The van der Waals surface area contributed by atoms with Gasteiger partial charge in [0.25, 0.3) is 5.91 Å². The first kappa shape index (κ1) is 25.3. The number of anilines is 2. The molecule has 1 aromatic carbocycles. The fraction of sp³-hybridized carbons (Fsp3) is 0.360. The molecule has 1 aliphatic rings. The van der Waals surface area contributed by atoms with E-state index in [1.807, 2.05) is 25.7 Å². The molecule has 10 heteroatoms. The van der Waals surface area contributed by atoms with Gasteiger partial charge in [0.15, 0.2) is 5.82 Å². The molecular weight excluding hydrogens is 570 g/mol. The summed E-state index contributed by atoms with van der Waals surface area (Å²) >= 11 is 2.31. The number of hydrogen-bond acceptors (Lipinski definition) is 5. The number of alkyl halides is 4. The predicted octanol–water partition coefficient (Wildman–Crippen LogP) is 6.34. The fourth-order valence-corrected chi connectivity index (χ4v) is 4.57. The van der Waals surface area contributed by atoms with Crippen LogP contribution in [0.5, 0.6) is 0 Å². The van der Waals surface area contributed by atoms with E-state index in [4.69, 9.17) is 0 Å². The molecule has 1 fully saturated rings. The summed E-state index contributed by atoms with van der Waals surface area (Å²) < 4.78 is 41.5. The molecule has 0 spiro atoms. The maximum absolute atomic E-state index is 13.9. The summed E-state index contributed by atoms with van der Waals surface area (Å²) in [7, 11) is 0. The summed E-state index contributed by atoms with van der Waals surface area (Å²) in [5.74, 6) is 0.283. The van der Waals surface area contributed by atoms with Crippen molar-refractivity contribution in [1.29, 1.82) is 0 Å². The number of rotatable bonds is 5. The molecule has 1 atom stereocenters. The monoisotopic (exact) mass is 595 g/mol. The molecule has 3 heterocycles. The van der Waals surface area contributed by atoms with Crippen molar-refractivity contribution < 1.29 is 18.0 Å². The van der Waals surface area contributed by atoms with Gasteiger partial charge in [0.05, 0.1) is 11.3 Å². The number of carbonyl (C=O) groups excluding carboxylic acids is 1. The minimum Gasteiger partial charge on any atom is -0.353 e. The van der Waals surface area contributed by atoms with E-state index in [0.717, 1.165) is 12.5 Å². The van der Waals surface area contributed by atoms with Gasteiger partial charge >= 0.3 is 6.18 Å². The Morgan fingerprint density at radius 3 is 2.37 bits per heavy atom. The number of nitrogens with zero attached hydrogens (tertiary/aromatic N) is 4. The third-order valence-corrected chi connectivity index (χ3v) is 6.67. The van der Waals surface area contributed by atoms with Gasteiger partial charge in [-0.25, -0.2) is 15.0 Å². The molecule has 3 aromatic rings. The van der Waals surface area contributed by atoms with Crippen molar-refractivity contribution in [2.75, 3.05) is 23.3 Å². The molecular formula is C25H25F3IN5O. The maximum Gasteiger partial charge on any atom is 0.433 e. The highest BCUT2D eigenvalue weighted by molar-refractivity contribution is 14.1. The third kappa shape index (κ3) is 5.74. The molecule has 2 aromatic heterocycles. The van der Waals surface area contributed by atoms with Crippen molar-refractivity contribution >= 4 is 40.0 Å². The minimum absolute atomic E-state index is 0.0975.